The normalized spacial score (nSPS) is 12.3. The van der Waals surface area contributed by atoms with Crippen molar-refractivity contribution in [2.24, 2.45) is 0 Å². The highest BCUT2D eigenvalue weighted by Gasteiger charge is 2.20. The molecular weight excluding hydrogens is 282 g/mol. The van der Waals surface area contributed by atoms with E-state index in [0.717, 1.165) is 11.3 Å². The average molecular weight is 304 g/mol. The lowest BCUT2D eigenvalue weighted by Gasteiger charge is -2.24. The van der Waals surface area contributed by atoms with Gasteiger partial charge in [-0.15, -0.1) is 0 Å². The zero-order valence-corrected chi connectivity index (χ0v) is 14.0. The standard InChI is InChI=1S/C18H22ClNO/c1-11-8-12(2)17(13(3)9-11)18(20-4)15-10-14(19)6-7-16(15)21-5/h6-10,18,20H,1-5H3. The van der Waals surface area contributed by atoms with Gasteiger partial charge in [-0.05, 0) is 62.7 Å². The fourth-order valence-corrected chi connectivity index (χ4v) is 3.21. The SMILES string of the molecule is CNC(c1cc(Cl)ccc1OC)c1c(C)cc(C)cc1C. The van der Waals surface area contributed by atoms with Crippen LogP contribution < -0.4 is 10.1 Å². The third-order valence-electron chi connectivity index (χ3n) is 3.82. The Morgan fingerprint density at radius 1 is 1.05 bits per heavy atom. The Hall–Kier alpha value is -1.51. The highest BCUT2D eigenvalue weighted by Crippen LogP contribution is 2.35. The van der Waals surface area contributed by atoms with E-state index in [1.807, 2.05) is 25.2 Å². The molecule has 1 N–H and O–H groups in total. The molecule has 0 aliphatic heterocycles. The Morgan fingerprint density at radius 2 is 1.67 bits per heavy atom. The zero-order valence-electron chi connectivity index (χ0n) is 13.3. The molecule has 2 rings (SSSR count). The van der Waals surface area contributed by atoms with Gasteiger partial charge in [0.05, 0.1) is 13.2 Å². The summed E-state index contributed by atoms with van der Waals surface area (Å²) < 4.78 is 5.51. The van der Waals surface area contributed by atoms with Gasteiger partial charge in [0.25, 0.3) is 0 Å². The van der Waals surface area contributed by atoms with Gasteiger partial charge in [0.1, 0.15) is 5.75 Å². The minimum absolute atomic E-state index is 0.0549. The van der Waals surface area contributed by atoms with Crippen molar-refractivity contribution in [3.05, 3.63) is 63.2 Å². The van der Waals surface area contributed by atoms with Crippen molar-refractivity contribution in [3.8, 4) is 5.75 Å². The summed E-state index contributed by atoms with van der Waals surface area (Å²) in [5.74, 6) is 0.845. The smallest absolute Gasteiger partial charge is 0.124 e. The van der Waals surface area contributed by atoms with Crippen LogP contribution in [0, 0.1) is 20.8 Å². The number of rotatable bonds is 4. The number of nitrogens with one attached hydrogen (secondary N) is 1. The van der Waals surface area contributed by atoms with E-state index in [0.29, 0.717) is 5.02 Å². The van der Waals surface area contributed by atoms with Crippen molar-refractivity contribution >= 4 is 11.6 Å². The molecule has 112 valence electrons. The number of benzene rings is 2. The molecule has 0 spiro atoms. The molecule has 2 nitrogen and oxygen atoms in total. The fourth-order valence-electron chi connectivity index (χ4n) is 3.03. The molecule has 1 atom stereocenters. The molecule has 0 fully saturated rings. The van der Waals surface area contributed by atoms with Crippen LogP contribution in [0.3, 0.4) is 0 Å². The molecule has 21 heavy (non-hydrogen) atoms. The van der Waals surface area contributed by atoms with Crippen LogP contribution in [-0.2, 0) is 0 Å². The lowest BCUT2D eigenvalue weighted by molar-refractivity contribution is 0.405. The van der Waals surface area contributed by atoms with Gasteiger partial charge in [-0.25, -0.2) is 0 Å². The van der Waals surface area contributed by atoms with E-state index in [2.05, 4.69) is 38.2 Å². The van der Waals surface area contributed by atoms with Crippen molar-refractivity contribution in [3.63, 3.8) is 0 Å². The molecule has 0 heterocycles. The highest BCUT2D eigenvalue weighted by molar-refractivity contribution is 6.30. The maximum atomic E-state index is 6.18. The number of hydrogen-bond acceptors (Lipinski definition) is 2. The minimum Gasteiger partial charge on any atom is -0.496 e. The van der Waals surface area contributed by atoms with Crippen molar-refractivity contribution in [1.82, 2.24) is 5.32 Å². The summed E-state index contributed by atoms with van der Waals surface area (Å²) in [4.78, 5) is 0. The molecule has 1 unspecified atom stereocenters. The number of aryl methyl sites for hydroxylation is 3. The third kappa shape index (κ3) is 3.22. The van der Waals surface area contributed by atoms with Crippen molar-refractivity contribution in [2.45, 2.75) is 26.8 Å². The second kappa shape index (κ2) is 6.50. The maximum absolute atomic E-state index is 6.18. The Bertz CT molecular complexity index is 629. The van der Waals surface area contributed by atoms with Crippen LogP contribution in [0.4, 0.5) is 0 Å². The summed E-state index contributed by atoms with van der Waals surface area (Å²) in [5.41, 5.74) is 6.16. The van der Waals surface area contributed by atoms with Crippen molar-refractivity contribution in [1.29, 1.82) is 0 Å². The summed E-state index contributed by atoms with van der Waals surface area (Å²) in [6, 6.07) is 10.2. The van der Waals surface area contributed by atoms with Crippen LogP contribution in [0.1, 0.15) is 33.9 Å². The predicted octanol–water partition coefficient (Wildman–Crippen LogP) is 4.58. The van der Waals surface area contributed by atoms with Gasteiger partial charge < -0.3 is 10.1 Å². The summed E-state index contributed by atoms with van der Waals surface area (Å²) in [7, 11) is 3.65. The van der Waals surface area contributed by atoms with Gasteiger partial charge in [-0.2, -0.15) is 0 Å². The highest BCUT2D eigenvalue weighted by atomic mass is 35.5. The lowest BCUT2D eigenvalue weighted by Crippen LogP contribution is -2.20. The molecule has 0 aliphatic carbocycles. The molecule has 0 amide bonds. The quantitative estimate of drug-likeness (QED) is 0.892. The largest absolute Gasteiger partial charge is 0.496 e. The molecular formula is C18H22ClNO. The van der Waals surface area contributed by atoms with Crippen LogP contribution in [0.25, 0.3) is 0 Å². The topological polar surface area (TPSA) is 21.3 Å². The summed E-state index contributed by atoms with van der Waals surface area (Å²) in [6.45, 7) is 6.42. The molecule has 3 heteroatoms. The van der Waals surface area contributed by atoms with Crippen molar-refractivity contribution in [2.75, 3.05) is 14.2 Å². The first kappa shape index (κ1) is 15.9. The molecule has 0 aliphatic rings. The Morgan fingerprint density at radius 3 is 2.19 bits per heavy atom. The van der Waals surface area contributed by atoms with Gasteiger partial charge in [-0.1, -0.05) is 29.3 Å². The summed E-state index contributed by atoms with van der Waals surface area (Å²) in [6.07, 6.45) is 0. The monoisotopic (exact) mass is 303 g/mol. The van der Waals surface area contributed by atoms with E-state index in [1.54, 1.807) is 7.11 Å². The van der Waals surface area contributed by atoms with E-state index in [4.69, 9.17) is 16.3 Å². The second-order valence-corrected chi connectivity index (χ2v) is 5.86. The van der Waals surface area contributed by atoms with Gasteiger partial charge in [0.15, 0.2) is 0 Å². The predicted molar refractivity (Wildman–Crippen MR) is 89.6 cm³/mol. The minimum atomic E-state index is 0.0549. The first-order chi connectivity index (χ1) is 9.97. The van der Waals surface area contributed by atoms with E-state index < -0.39 is 0 Å². The Labute approximate surface area is 132 Å². The molecule has 0 aromatic heterocycles. The molecule has 0 bridgehead atoms. The van der Waals surface area contributed by atoms with Crippen LogP contribution in [0.15, 0.2) is 30.3 Å². The number of halogens is 1. The van der Waals surface area contributed by atoms with Gasteiger partial charge in [0.2, 0.25) is 0 Å². The Balaban J connectivity index is 2.63. The first-order valence-corrected chi connectivity index (χ1v) is 7.44. The van der Waals surface area contributed by atoms with Gasteiger partial charge in [-0.3, -0.25) is 0 Å². The zero-order chi connectivity index (χ0) is 15.6. The number of methoxy groups -OCH3 is 1. The number of hydrogen-bond donors (Lipinski definition) is 1. The first-order valence-electron chi connectivity index (χ1n) is 7.06. The lowest BCUT2D eigenvalue weighted by atomic mass is 9.89. The molecule has 2 aromatic rings. The molecule has 0 radical (unpaired) electrons. The van der Waals surface area contributed by atoms with Crippen LogP contribution >= 0.6 is 11.6 Å². The maximum Gasteiger partial charge on any atom is 0.124 e. The molecule has 2 aromatic carbocycles. The third-order valence-corrected chi connectivity index (χ3v) is 4.05. The average Bonchev–Trinajstić information content (AvgIpc) is 2.42. The van der Waals surface area contributed by atoms with Gasteiger partial charge >= 0.3 is 0 Å². The Kier molecular flexibility index (Phi) is 4.92. The fraction of sp³-hybridized carbons (Fsp3) is 0.333. The van der Waals surface area contributed by atoms with Crippen molar-refractivity contribution < 1.29 is 4.74 Å². The van der Waals surface area contributed by atoms with Crippen LogP contribution in [0.2, 0.25) is 5.02 Å². The van der Waals surface area contributed by atoms with E-state index in [-0.39, 0.29) is 6.04 Å². The summed E-state index contributed by atoms with van der Waals surface area (Å²) >= 11 is 6.18. The van der Waals surface area contributed by atoms with Crippen LogP contribution in [0.5, 0.6) is 5.75 Å². The van der Waals surface area contributed by atoms with E-state index in [1.165, 1.54) is 22.3 Å². The van der Waals surface area contributed by atoms with Crippen LogP contribution in [-0.4, -0.2) is 14.2 Å². The van der Waals surface area contributed by atoms with E-state index in [9.17, 15) is 0 Å². The number of ether oxygens (including phenoxy) is 1. The summed E-state index contributed by atoms with van der Waals surface area (Å²) in [5, 5.41) is 4.12. The molecule has 0 saturated heterocycles. The van der Waals surface area contributed by atoms with Gasteiger partial charge in [0, 0.05) is 10.6 Å². The van der Waals surface area contributed by atoms with E-state index >= 15 is 0 Å². The molecule has 0 saturated carbocycles. The second-order valence-electron chi connectivity index (χ2n) is 5.42.